The van der Waals surface area contributed by atoms with E-state index in [-0.39, 0.29) is 12.6 Å². The number of carboxylic acid groups (broad SMARTS) is 1. The Labute approximate surface area is 121 Å². The van der Waals surface area contributed by atoms with Crippen LogP contribution in [0.15, 0.2) is 0 Å². The Morgan fingerprint density at radius 2 is 1.70 bits per heavy atom. The van der Waals surface area contributed by atoms with Gasteiger partial charge in [-0.3, -0.25) is 4.79 Å². The molecule has 0 aliphatic rings. The standard InChI is InChI=1S/C14H29N3O3/c1-5-14(6-2,12(18)19)11-16-13(20)15-9-7-8-10-17(3)4/h5-11H2,1-4H3,(H,18,19)(H2,15,16,20). The van der Waals surface area contributed by atoms with E-state index < -0.39 is 11.4 Å². The minimum Gasteiger partial charge on any atom is -0.481 e. The monoisotopic (exact) mass is 287 g/mol. The van der Waals surface area contributed by atoms with Gasteiger partial charge in [-0.25, -0.2) is 4.79 Å². The predicted octanol–water partition coefficient (Wildman–Crippen LogP) is 1.52. The first-order valence-corrected chi connectivity index (χ1v) is 7.27. The molecular formula is C14H29N3O3. The van der Waals surface area contributed by atoms with E-state index in [4.69, 9.17) is 0 Å². The first kappa shape index (κ1) is 18.7. The van der Waals surface area contributed by atoms with E-state index >= 15 is 0 Å². The van der Waals surface area contributed by atoms with E-state index in [2.05, 4.69) is 15.5 Å². The summed E-state index contributed by atoms with van der Waals surface area (Å²) in [6.07, 6.45) is 2.94. The minimum absolute atomic E-state index is 0.166. The average Bonchev–Trinajstić information content (AvgIpc) is 2.39. The summed E-state index contributed by atoms with van der Waals surface area (Å²) in [7, 11) is 4.03. The van der Waals surface area contributed by atoms with Crippen molar-refractivity contribution in [2.75, 3.05) is 33.7 Å². The number of nitrogens with one attached hydrogen (secondary N) is 2. The van der Waals surface area contributed by atoms with Crippen molar-refractivity contribution in [2.24, 2.45) is 5.41 Å². The van der Waals surface area contributed by atoms with Crippen molar-refractivity contribution in [1.29, 1.82) is 0 Å². The van der Waals surface area contributed by atoms with Gasteiger partial charge in [0.2, 0.25) is 0 Å². The predicted molar refractivity (Wildman–Crippen MR) is 79.8 cm³/mol. The van der Waals surface area contributed by atoms with E-state index in [1.165, 1.54) is 0 Å². The molecule has 20 heavy (non-hydrogen) atoms. The van der Waals surface area contributed by atoms with Crippen LogP contribution in [0.5, 0.6) is 0 Å². The average molecular weight is 287 g/mol. The topological polar surface area (TPSA) is 81.7 Å². The maximum absolute atomic E-state index is 11.6. The summed E-state index contributed by atoms with van der Waals surface area (Å²) in [4.78, 5) is 25.0. The van der Waals surface area contributed by atoms with Gasteiger partial charge >= 0.3 is 12.0 Å². The molecule has 2 amide bonds. The molecule has 118 valence electrons. The van der Waals surface area contributed by atoms with E-state index in [1.807, 2.05) is 27.9 Å². The number of rotatable bonds is 10. The summed E-state index contributed by atoms with van der Waals surface area (Å²) in [6.45, 7) is 5.44. The Morgan fingerprint density at radius 1 is 1.10 bits per heavy atom. The second-order valence-corrected chi connectivity index (χ2v) is 5.41. The van der Waals surface area contributed by atoms with Gasteiger partial charge in [-0.1, -0.05) is 13.8 Å². The molecule has 0 radical (unpaired) electrons. The van der Waals surface area contributed by atoms with Crippen LogP contribution in [-0.4, -0.2) is 55.7 Å². The lowest BCUT2D eigenvalue weighted by molar-refractivity contribution is -0.149. The zero-order valence-corrected chi connectivity index (χ0v) is 13.2. The molecular weight excluding hydrogens is 258 g/mol. The largest absolute Gasteiger partial charge is 0.481 e. The van der Waals surface area contributed by atoms with Crippen LogP contribution in [0.2, 0.25) is 0 Å². The number of carbonyl (C=O) groups excluding carboxylic acids is 1. The van der Waals surface area contributed by atoms with Crippen LogP contribution in [0.3, 0.4) is 0 Å². The van der Waals surface area contributed by atoms with Crippen LogP contribution in [-0.2, 0) is 4.79 Å². The molecule has 0 aromatic heterocycles. The molecule has 0 aromatic carbocycles. The molecule has 0 saturated heterocycles. The summed E-state index contributed by atoms with van der Waals surface area (Å²) in [6, 6.07) is -0.289. The fourth-order valence-electron chi connectivity index (χ4n) is 1.94. The number of amides is 2. The van der Waals surface area contributed by atoms with Gasteiger partial charge in [-0.2, -0.15) is 0 Å². The molecule has 0 atom stereocenters. The third kappa shape index (κ3) is 6.75. The summed E-state index contributed by atoms with van der Waals surface area (Å²) in [5, 5.41) is 14.7. The van der Waals surface area contributed by atoms with Gasteiger partial charge in [0, 0.05) is 13.1 Å². The van der Waals surface area contributed by atoms with Crippen LogP contribution in [0, 0.1) is 5.41 Å². The van der Waals surface area contributed by atoms with Crippen LogP contribution in [0.4, 0.5) is 4.79 Å². The maximum Gasteiger partial charge on any atom is 0.314 e. The molecule has 0 aromatic rings. The molecule has 6 nitrogen and oxygen atoms in total. The van der Waals surface area contributed by atoms with E-state index in [1.54, 1.807) is 0 Å². The lowest BCUT2D eigenvalue weighted by Gasteiger charge is -2.26. The van der Waals surface area contributed by atoms with Gasteiger partial charge in [0.25, 0.3) is 0 Å². The summed E-state index contributed by atoms with van der Waals surface area (Å²) in [5.74, 6) is -0.853. The van der Waals surface area contributed by atoms with Crippen LogP contribution < -0.4 is 10.6 Å². The number of hydrogen-bond acceptors (Lipinski definition) is 3. The number of carbonyl (C=O) groups is 2. The zero-order valence-electron chi connectivity index (χ0n) is 13.2. The Bertz CT molecular complexity index is 302. The summed E-state index contributed by atoms with van der Waals surface area (Å²) < 4.78 is 0. The maximum atomic E-state index is 11.6. The van der Waals surface area contributed by atoms with Gasteiger partial charge < -0.3 is 20.6 Å². The van der Waals surface area contributed by atoms with Crippen molar-refractivity contribution in [3.8, 4) is 0 Å². The molecule has 0 aliphatic carbocycles. The third-order valence-electron chi connectivity index (χ3n) is 3.71. The SMILES string of the molecule is CCC(CC)(CNC(=O)NCCCCN(C)C)C(=O)O. The van der Waals surface area contributed by atoms with Crippen molar-refractivity contribution in [3.05, 3.63) is 0 Å². The quantitative estimate of drug-likeness (QED) is 0.532. The minimum atomic E-state index is -0.859. The highest BCUT2D eigenvalue weighted by molar-refractivity contribution is 5.78. The van der Waals surface area contributed by atoms with Crippen molar-refractivity contribution in [3.63, 3.8) is 0 Å². The number of hydrogen-bond donors (Lipinski definition) is 3. The Kier molecular flexibility index (Phi) is 8.96. The number of carboxylic acids is 1. The van der Waals surface area contributed by atoms with Crippen LogP contribution in [0.1, 0.15) is 39.5 Å². The highest BCUT2D eigenvalue weighted by Gasteiger charge is 2.35. The molecule has 0 unspecified atom stereocenters. The van der Waals surface area contributed by atoms with Crippen LogP contribution in [0.25, 0.3) is 0 Å². The lowest BCUT2D eigenvalue weighted by Crippen LogP contribution is -2.46. The fraction of sp³-hybridized carbons (Fsp3) is 0.857. The smallest absolute Gasteiger partial charge is 0.314 e. The highest BCUT2D eigenvalue weighted by Crippen LogP contribution is 2.25. The number of unbranched alkanes of at least 4 members (excludes halogenated alkanes) is 1. The second-order valence-electron chi connectivity index (χ2n) is 5.41. The molecule has 0 saturated carbocycles. The molecule has 0 fully saturated rings. The van der Waals surface area contributed by atoms with E-state index in [0.717, 1.165) is 19.4 Å². The number of urea groups is 1. The first-order chi connectivity index (χ1) is 9.38. The van der Waals surface area contributed by atoms with Crippen molar-refractivity contribution in [2.45, 2.75) is 39.5 Å². The molecule has 6 heteroatoms. The molecule has 0 spiro atoms. The van der Waals surface area contributed by atoms with Gasteiger partial charge in [-0.05, 0) is 46.3 Å². The van der Waals surface area contributed by atoms with Gasteiger partial charge in [-0.15, -0.1) is 0 Å². The first-order valence-electron chi connectivity index (χ1n) is 7.27. The van der Waals surface area contributed by atoms with E-state index in [0.29, 0.717) is 19.4 Å². The number of aliphatic carboxylic acids is 1. The van der Waals surface area contributed by atoms with Gasteiger partial charge in [0.1, 0.15) is 0 Å². The molecule has 0 bridgehead atoms. The van der Waals surface area contributed by atoms with Gasteiger partial charge in [0.05, 0.1) is 5.41 Å². The molecule has 0 aliphatic heterocycles. The van der Waals surface area contributed by atoms with E-state index in [9.17, 15) is 14.7 Å². The van der Waals surface area contributed by atoms with Crippen LogP contribution >= 0.6 is 0 Å². The summed E-state index contributed by atoms with van der Waals surface area (Å²) in [5.41, 5.74) is -0.859. The zero-order chi connectivity index (χ0) is 15.6. The van der Waals surface area contributed by atoms with Crippen molar-refractivity contribution in [1.82, 2.24) is 15.5 Å². The Hall–Kier alpha value is -1.30. The highest BCUT2D eigenvalue weighted by atomic mass is 16.4. The molecule has 0 rings (SSSR count). The Balaban J connectivity index is 3.94. The van der Waals surface area contributed by atoms with Gasteiger partial charge in [0.15, 0.2) is 0 Å². The van der Waals surface area contributed by atoms with Crippen molar-refractivity contribution < 1.29 is 14.7 Å². The second kappa shape index (κ2) is 9.58. The molecule has 0 heterocycles. The molecule has 3 N–H and O–H groups in total. The Morgan fingerprint density at radius 3 is 2.15 bits per heavy atom. The fourth-order valence-corrected chi connectivity index (χ4v) is 1.94. The normalized spacial score (nSPS) is 11.4. The number of nitrogens with zero attached hydrogens (tertiary/aromatic N) is 1. The lowest BCUT2D eigenvalue weighted by atomic mass is 9.82. The third-order valence-corrected chi connectivity index (χ3v) is 3.71. The summed E-state index contributed by atoms with van der Waals surface area (Å²) >= 11 is 0. The van der Waals surface area contributed by atoms with Crippen molar-refractivity contribution >= 4 is 12.0 Å².